The first-order valence-electron chi connectivity index (χ1n) is 4.57. The van der Waals surface area contributed by atoms with Crippen LogP contribution in [0.5, 0.6) is 0 Å². The van der Waals surface area contributed by atoms with E-state index in [1.165, 1.54) is 5.56 Å². The normalized spacial score (nSPS) is 12.5. The Kier molecular flexibility index (Phi) is 3.65. The average Bonchev–Trinajstić information content (AvgIpc) is 2.20. The topological polar surface area (TPSA) is 24.9 Å². The minimum Gasteiger partial charge on any atom is -0.309 e. The van der Waals surface area contributed by atoms with Crippen LogP contribution in [0.2, 0.25) is 0 Å². The lowest BCUT2D eigenvalue weighted by molar-refractivity contribution is 0.684. The maximum Gasteiger partial charge on any atom is 0.0678 e. The van der Waals surface area contributed by atoms with Crippen LogP contribution in [0.3, 0.4) is 0 Å². The van der Waals surface area contributed by atoms with Crippen LogP contribution in [0.1, 0.15) is 24.2 Å². The fourth-order valence-electron chi connectivity index (χ4n) is 1.40. The molecule has 0 spiro atoms. The predicted molar refractivity (Wildman–Crippen MR) is 55.6 cm³/mol. The highest BCUT2D eigenvalue weighted by Crippen LogP contribution is 2.15. The van der Waals surface area contributed by atoms with E-state index in [2.05, 4.69) is 29.9 Å². The molecule has 1 unspecified atom stereocenters. The maximum absolute atomic E-state index is 4.36. The molecule has 0 aliphatic carbocycles. The summed E-state index contributed by atoms with van der Waals surface area (Å²) in [6.45, 7) is 5.92. The van der Waals surface area contributed by atoms with Gasteiger partial charge in [-0.3, -0.25) is 4.98 Å². The molecule has 0 amide bonds. The lowest BCUT2D eigenvalue weighted by Crippen LogP contribution is -2.16. The number of likely N-dealkylation sites (N-methyl/N-ethyl adjacent to an activating group) is 1. The molecule has 2 heteroatoms. The van der Waals surface area contributed by atoms with Crippen molar-refractivity contribution in [2.45, 2.75) is 19.4 Å². The van der Waals surface area contributed by atoms with E-state index in [-0.39, 0.29) is 6.04 Å². The van der Waals surface area contributed by atoms with Crippen molar-refractivity contribution < 1.29 is 0 Å². The van der Waals surface area contributed by atoms with Gasteiger partial charge in [-0.25, -0.2) is 0 Å². The van der Waals surface area contributed by atoms with Gasteiger partial charge >= 0.3 is 0 Å². The smallest absolute Gasteiger partial charge is 0.0678 e. The van der Waals surface area contributed by atoms with Gasteiger partial charge in [0.15, 0.2) is 0 Å². The third kappa shape index (κ3) is 2.16. The van der Waals surface area contributed by atoms with Crippen molar-refractivity contribution in [2.24, 2.45) is 0 Å². The van der Waals surface area contributed by atoms with Gasteiger partial charge in [0.05, 0.1) is 11.7 Å². The lowest BCUT2D eigenvalue weighted by Gasteiger charge is -2.13. The van der Waals surface area contributed by atoms with Gasteiger partial charge < -0.3 is 5.32 Å². The van der Waals surface area contributed by atoms with Gasteiger partial charge in [-0.2, -0.15) is 0 Å². The summed E-state index contributed by atoms with van der Waals surface area (Å²) in [5.74, 6) is 0. The number of hydrogen-bond donors (Lipinski definition) is 1. The molecule has 1 aromatic rings. The highest BCUT2D eigenvalue weighted by atomic mass is 14.9. The largest absolute Gasteiger partial charge is 0.309 e. The Labute approximate surface area is 79.7 Å². The molecule has 0 fully saturated rings. The summed E-state index contributed by atoms with van der Waals surface area (Å²) in [5.41, 5.74) is 2.37. The zero-order chi connectivity index (χ0) is 9.68. The highest BCUT2D eigenvalue weighted by Gasteiger charge is 2.09. The first kappa shape index (κ1) is 9.93. The molecule has 70 valence electrons. The Morgan fingerprint density at radius 2 is 2.46 bits per heavy atom. The van der Waals surface area contributed by atoms with Gasteiger partial charge in [-0.1, -0.05) is 19.1 Å². The third-order valence-corrected chi connectivity index (χ3v) is 2.15. The van der Waals surface area contributed by atoms with Crippen molar-refractivity contribution in [1.82, 2.24) is 10.3 Å². The Morgan fingerprint density at radius 3 is 3.00 bits per heavy atom. The first-order chi connectivity index (χ1) is 6.33. The number of rotatable bonds is 4. The quantitative estimate of drug-likeness (QED) is 0.710. The van der Waals surface area contributed by atoms with Crippen molar-refractivity contribution in [3.05, 3.63) is 42.2 Å². The minimum absolute atomic E-state index is 0.163. The molecule has 1 heterocycles. The first-order valence-corrected chi connectivity index (χ1v) is 4.57. The summed E-state index contributed by atoms with van der Waals surface area (Å²) in [6.07, 6.45) is 4.71. The number of hydrogen-bond acceptors (Lipinski definition) is 2. The SMILES string of the molecule is C=CC(NC)c1ncccc1CC. The summed E-state index contributed by atoms with van der Waals surface area (Å²) in [4.78, 5) is 4.36. The summed E-state index contributed by atoms with van der Waals surface area (Å²) in [5, 5.41) is 3.16. The van der Waals surface area contributed by atoms with Crippen molar-refractivity contribution in [2.75, 3.05) is 7.05 Å². The number of nitrogens with zero attached hydrogens (tertiary/aromatic N) is 1. The molecule has 0 bridgehead atoms. The number of pyridine rings is 1. The van der Waals surface area contributed by atoms with Crippen LogP contribution in [-0.4, -0.2) is 12.0 Å². The van der Waals surface area contributed by atoms with Gasteiger partial charge in [0.2, 0.25) is 0 Å². The zero-order valence-electron chi connectivity index (χ0n) is 8.25. The number of aryl methyl sites for hydroxylation is 1. The Balaban J connectivity index is 3.03. The third-order valence-electron chi connectivity index (χ3n) is 2.15. The molecule has 2 nitrogen and oxygen atoms in total. The van der Waals surface area contributed by atoms with Crippen molar-refractivity contribution in [3.8, 4) is 0 Å². The molecule has 0 aliphatic heterocycles. The second-order valence-corrected chi connectivity index (χ2v) is 2.90. The van der Waals surface area contributed by atoms with E-state index in [0.717, 1.165) is 12.1 Å². The monoisotopic (exact) mass is 176 g/mol. The van der Waals surface area contributed by atoms with Crippen LogP contribution in [-0.2, 0) is 6.42 Å². The van der Waals surface area contributed by atoms with Gasteiger partial charge in [-0.05, 0) is 25.1 Å². The van der Waals surface area contributed by atoms with Crippen molar-refractivity contribution in [3.63, 3.8) is 0 Å². The average molecular weight is 176 g/mol. The van der Waals surface area contributed by atoms with E-state index < -0.39 is 0 Å². The summed E-state index contributed by atoms with van der Waals surface area (Å²) in [6, 6.07) is 4.24. The van der Waals surface area contributed by atoms with E-state index in [1.54, 1.807) is 0 Å². The van der Waals surface area contributed by atoms with Crippen LogP contribution >= 0.6 is 0 Å². The fraction of sp³-hybridized carbons (Fsp3) is 0.364. The van der Waals surface area contributed by atoms with Crippen LogP contribution < -0.4 is 5.32 Å². The molecule has 1 aromatic heterocycles. The Morgan fingerprint density at radius 1 is 1.69 bits per heavy atom. The molecule has 0 radical (unpaired) electrons. The van der Waals surface area contributed by atoms with Gasteiger partial charge in [0.25, 0.3) is 0 Å². The van der Waals surface area contributed by atoms with E-state index in [4.69, 9.17) is 0 Å². The molecule has 0 aliphatic rings. The van der Waals surface area contributed by atoms with Crippen LogP contribution in [0.15, 0.2) is 31.0 Å². The van der Waals surface area contributed by atoms with Crippen molar-refractivity contribution >= 4 is 0 Å². The van der Waals surface area contributed by atoms with Crippen molar-refractivity contribution in [1.29, 1.82) is 0 Å². The van der Waals surface area contributed by atoms with E-state index in [9.17, 15) is 0 Å². The van der Waals surface area contributed by atoms with Gasteiger partial charge in [0.1, 0.15) is 0 Å². The summed E-state index contributed by atoms with van der Waals surface area (Å²) >= 11 is 0. The van der Waals surface area contributed by atoms with E-state index in [0.29, 0.717) is 0 Å². The number of aromatic nitrogens is 1. The molecule has 0 saturated heterocycles. The second-order valence-electron chi connectivity index (χ2n) is 2.90. The lowest BCUT2D eigenvalue weighted by atomic mass is 10.1. The summed E-state index contributed by atoms with van der Waals surface area (Å²) < 4.78 is 0. The molecule has 1 N–H and O–H groups in total. The molecular weight excluding hydrogens is 160 g/mol. The van der Waals surface area contributed by atoms with Crippen LogP contribution in [0.4, 0.5) is 0 Å². The highest BCUT2D eigenvalue weighted by molar-refractivity contribution is 5.25. The van der Waals surface area contributed by atoms with E-state index in [1.807, 2.05) is 25.4 Å². The van der Waals surface area contributed by atoms with Crippen LogP contribution in [0, 0.1) is 0 Å². The zero-order valence-corrected chi connectivity index (χ0v) is 8.25. The maximum atomic E-state index is 4.36. The fourth-order valence-corrected chi connectivity index (χ4v) is 1.40. The predicted octanol–water partition coefficient (Wildman–Crippen LogP) is 2.09. The Bertz CT molecular complexity index is 281. The van der Waals surface area contributed by atoms with Gasteiger partial charge in [0, 0.05) is 6.20 Å². The standard InChI is InChI=1S/C11H16N2/c1-4-9-7-6-8-13-11(9)10(5-2)12-3/h5-8,10,12H,2,4H2,1,3H3. The van der Waals surface area contributed by atoms with E-state index >= 15 is 0 Å². The Hall–Kier alpha value is -1.15. The number of nitrogens with one attached hydrogen (secondary N) is 1. The van der Waals surface area contributed by atoms with Crippen LogP contribution in [0.25, 0.3) is 0 Å². The van der Waals surface area contributed by atoms with Gasteiger partial charge in [-0.15, -0.1) is 6.58 Å². The molecule has 0 saturated carbocycles. The minimum atomic E-state index is 0.163. The molecular formula is C11H16N2. The molecule has 0 aromatic carbocycles. The molecule has 1 rings (SSSR count). The molecule has 13 heavy (non-hydrogen) atoms. The second kappa shape index (κ2) is 4.77. The summed E-state index contributed by atoms with van der Waals surface area (Å²) in [7, 11) is 1.92. The molecule has 1 atom stereocenters.